The van der Waals surface area contributed by atoms with Crippen LogP contribution in [0.3, 0.4) is 0 Å². The zero-order valence-corrected chi connectivity index (χ0v) is 9.25. The van der Waals surface area contributed by atoms with Gasteiger partial charge < -0.3 is 15.5 Å². The SMILES string of the molecule is O=C(O)CNC(=O)c1ccnc2ccc(O)cc12. The van der Waals surface area contributed by atoms with Crippen LogP contribution in [-0.4, -0.2) is 33.6 Å². The molecule has 0 unspecified atom stereocenters. The number of carbonyl (C=O) groups excluding carboxylic acids is 1. The van der Waals surface area contributed by atoms with E-state index in [1.54, 1.807) is 6.07 Å². The average Bonchev–Trinajstić information content (AvgIpc) is 2.35. The van der Waals surface area contributed by atoms with E-state index in [2.05, 4.69) is 10.3 Å². The predicted molar refractivity (Wildman–Crippen MR) is 63.4 cm³/mol. The number of amides is 1. The van der Waals surface area contributed by atoms with Gasteiger partial charge in [-0.25, -0.2) is 0 Å². The summed E-state index contributed by atoms with van der Waals surface area (Å²) in [6.45, 7) is -0.457. The Morgan fingerprint density at radius 2 is 2.06 bits per heavy atom. The molecular weight excluding hydrogens is 236 g/mol. The summed E-state index contributed by atoms with van der Waals surface area (Å²) in [7, 11) is 0. The van der Waals surface area contributed by atoms with Gasteiger partial charge in [0.2, 0.25) is 0 Å². The van der Waals surface area contributed by atoms with Crippen LogP contribution in [0, 0.1) is 0 Å². The number of carbonyl (C=O) groups is 2. The number of fused-ring (bicyclic) bond motifs is 1. The van der Waals surface area contributed by atoms with E-state index in [-0.39, 0.29) is 11.3 Å². The van der Waals surface area contributed by atoms with E-state index in [0.717, 1.165) is 0 Å². The van der Waals surface area contributed by atoms with Crippen molar-refractivity contribution in [3.8, 4) is 5.75 Å². The molecule has 1 amide bonds. The van der Waals surface area contributed by atoms with Crippen molar-refractivity contribution in [3.05, 3.63) is 36.0 Å². The third-order valence-corrected chi connectivity index (χ3v) is 2.37. The van der Waals surface area contributed by atoms with Gasteiger partial charge in [-0.15, -0.1) is 0 Å². The second kappa shape index (κ2) is 4.70. The Kier molecular flexibility index (Phi) is 3.09. The number of benzene rings is 1. The van der Waals surface area contributed by atoms with E-state index in [9.17, 15) is 14.7 Å². The van der Waals surface area contributed by atoms with Gasteiger partial charge in [0, 0.05) is 11.6 Å². The maximum absolute atomic E-state index is 11.8. The van der Waals surface area contributed by atoms with Crippen LogP contribution in [0.2, 0.25) is 0 Å². The summed E-state index contributed by atoms with van der Waals surface area (Å²) in [5.41, 5.74) is 0.827. The van der Waals surface area contributed by atoms with E-state index >= 15 is 0 Å². The number of aliphatic carboxylic acids is 1. The lowest BCUT2D eigenvalue weighted by Crippen LogP contribution is -2.29. The molecule has 6 nitrogen and oxygen atoms in total. The second-order valence-electron chi connectivity index (χ2n) is 3.64. The predicted octanol–water partition coefficient (Wildman–Crippen LogP) is 0.755. The number of phenolic OH excluding ortho intramolecular Hbond substituents is 1. The van der Waals surface area contributed by atoms with Gasteiger partial charge in [-0.05, 0) is 24.3 Å². The maximum atomic E-state index is 11.8. The number of phenols is 1. The molecule has 0 aliphatic heterocycles. The first-order valence-electron chi connectivity index (χ1n) is 5.15. The van der Waals surface area contributed by atoms with Crippen molar-refractivity contribution in [1.29, 1.82) is 0 Å². The molecule has 0 spiro atoms. The molecule has 0 saturated heterocycles. The molecule has 0 bridgehead atoms. The van der Waals surface area contributed by atoms with Gasteiger partial charge >= 0.3 is 5.97 Å². The first-order valence-corrected chi connectivity index (χ1v) is 5.15. The quantitative estimate of drug-likeness (QED) is 0.742. The van der Waals surface area contributed by atoms with Gasteiger partial charge in [0.05, 0.1) is 11.1 Å². The molecule has 1 aromatic heterocycles. The number of carboxylic acid groups (broad SMARTS) is 1. The summed E-state index contributed by atoms with van der Waals surface area (Å²) in [6.07, 6.45) is 1.45. The Morgan fingerprint density at radius 1 is 1.28 bits per heavy atom. The fraction of sp³-hybridized carbons (Fsp3) is 0.0833. The van der Waals surface area contributed by atoms with Crippen molar-refractivity contribution in [3.63, 3.8) is 0 Å². The Labute approximate surface area is 102 Å². The van der Waals surface area contributed by atoms with E-state index in [0.29, 0.717) is 10.9 Å². The fourth-order valence-corrected chi connectivity index (χ4v) is 1.58. The Bertz CT molecular complexity index is 625. The lowest BCUT2D eigenvalue weighted by molar-refractivity contribution is -0.135. The molecule has 0 radical (unpaired) electrons. The Balaban J connectivity index is 2.40. The highest BCUT2D eigenvalue weighted by molar-refractivity contribution is 6.06. The average molecular weight is 246 g/mol. The highest BCUT2D eigenvalue weighted by Crippen LogP contribution is 2.21. The first kappa shape index (κ1) is 11.8. The normalized spacial score (nSPS) is 10.2. The van der Waals surface area contributed by atoms with Crippen LogP contribution in [0.1, 0.15) is 10.4 Å². The largest absolute Gasteiger partial charge is 0.508 e. The number of pyridine rings is 1. The molecule has 1 aromatic carbocycles. The highest BCUT2D eigenvalue weighted by atomic mass is 16.4. The smallest absolute Gasteiger partial charge is 0.322 e. The zero-order valence-electron chi connectivity index (χ0n) is 9.25. The summed E-state index contributed by atoms with van der Waals surface area (Å²) >= 11 is 0. The van der Waals surface area contributed by atoms with Gasteiger partial charge in [0.1, 0.15) is 12.3 Å². The Hall–Kier alpha value is -2.63. The third kappa shape index (κ3) is 2.37. The number of rotatable bonds is 3. The summed E-state index contributed by atoms with van der Waals surface area (Å²) in [4.78, 5) is 26.2. The highest BCUT2D eigenvalue weighted by Gasteiger charge is 2.11. The van der Waals surface area contributed by atoms with Crippen molar-refractivity contribution >= 4 is 22.8 Å². The molecule has 6 heteroatoms. The van der Waals surface area contributed by atoms with Crippen molar-refractivity contribution in [2.75, 3.05) is 6.54 Å². The number of nitrogens with one attached hydrogen (secondary N) is 1. The zero-order chi connectivity index (χ0) is 13.1. The molecule has 0 saturated carbocycles. The monoisotopic (exact) mass is 246 g/mol. The summed E-state index contributed by atoms with van der Waals surface area (Å²) in [5.74, 6) is -1.62. The van der Waals surface area contributed by atoms with Crippen LogP contribution in [0.5, 0.6) is 5.75 Å². The van der Waals surface area contributed by atoms with Crippen LogP contribution >= 0.6 is 0 Å². The van der Waals surface area contributed by atoms with Crippen molar-refractivity contribution < 1.29 is 19.8 Å². The molecule has 1 heterocycles. The van der Waals surface area contributed by atoms with Crippen molar-refractivity contribution in [1.82, 2.24) is 10.3 Å². The molecule has 18 heavy (non-hydrogen) atoms. The molecule has 92 valence electrons. The van der Waals surface area contributed by atoms with Crippen LogP contribution in [0.25, 0.3) is 10.9 Å². The number of carboxylic acids is 1. The molecule has 2 rings (SSSR count). The van der Waals surface area contributed by atoms with Gasteiger partial charge in [0.15, 0.2) is 0 Å². The summed E-state index contributed by atoms with van der Waals surface area (Å²) < 4.78 is 0. The number of hydrogen-bond donors (Lipinski definition) is 3. The van der Waals surface area contributed by atoms with E-state index in [1.807, 2.05) is 0 Å². The number of nitrogens with zero attached hydrogens (tertiary/aromatic N) is 1. The minimum atomic E-state index is -1.12. The van der Waals surface area contributed by atoms with Gasteiger partial charge in [-0.2, -0.15) is 0 Å². The van der Waals surface area contributed by atoms with Gasteiger partial charge in [-0.1, -0.05) is 0 Å². The third-order valence-electron chi connectivity index (χ3n) is 2.37. The van der Waals surface area contributed by atoms with Gasteiger partial charge in [0.25, 0.3) is 5.91 Å². The molecule has 0 fully saturated rings. The lowest BCUT2D eigenvalue weighted by atomic mass is 10.1. The summed E-state index contributed by atoms with van der Waals surface area (Å²) in [5, 5.41) is 20.6. The van der Waals surface area contributed by atoms with Crippen LogP contribution in [0.4, 0.5) is 0 Å². The van der Waals surface area contributed by atoms with Crippen LogP contribution < -0.4 is 5.32 Å². The summed E-state index contributed by atoms with van der Waals surface area (Å²) in [6, 6.07) is 5.93. The van der Waals surface area contributed by atoms with Gasteiger partial charge in [-0.3, -0.25) is 14.6 Å². The van der Waals surface area contributed by atoms with E-state index in [4.69, 9.17) is 5.11 Å². The minimum absolute atomic E-state index is 0.0165. The molecule has 0 atom stereocenters. The molecular formula is C12H10N2O4. The first-order chi connectivity index (χ1) is 8.58. The van der Waals surface area contributed by atoms with Crippen molar-refractivity contribution in [2.24, 2.45) is 0 Å². The van der Waals surface area contributed by atoms with E-state index in [1.165, 1.54) is 24.4 Å². The fourth-order valence-electron chi connectivity index (χ4n) is 1.58. The van der Waals surface area contributed by atoms with E-state index < -0.39 is 18.4 Å². The number of hydrogen-bond acceptors (Lipinski definition) is 4. The molecule has 0 aliphatic rings. The topological polar surface area (TPSA) is 99.5 Å². The maximum Gasteiger partial charge on any atom is 0.322 e. The minimum Gasteiger partial charge on any atom is -0.508 e. The standard InChI is InChI=1S/C12H10N2O4/c15-7-1-2-10-9(5-7)8(3-4-13-10)12(18)14-6-11(16)17/h1-5,15H,6H2,(H,14,18)(H,16,17). The van der Waals surface area contributed by atoms with Crippen LogP contribution in [0.15, 0.2) is 30.5 Å². The molecule has 0 aliphatic carbocycles. The Morgan fingerprint density at radius 3 is 2.78 bits per heavy atom. The number of aromatic hydroxyl groups is 1. The lowest BCUT2D eigenvalue weighted by Gasteiger charge is -2.06. The number of aromatic nitrogens is 1. The van der Waals surface area contributed by atoms with Crippen molar-refractivity contribution in [2.45, 2.75) is 0 Å². The van der Waals surface area contributed by atoms with Crippen LogP contribution in [-0.2, 0) is 4.79 Å². The molecule has 3 N–H and O–H groups in total. The second-order valence-corrected chi connectivity index (χ2v) is 3.64. The molecule has 2 aromatic rings.